The van der Waals surface area contributed by atoms with Gasteiger partial charge in [0.2, 0.25) is 5.91 Å². The first kappa shape index (κ1) is 23.3. The average Bonchev–Trinajstić information content (AvgIpc) is 2.73. The van der Waals surface area contributed by atoms with Crippen molar-refractivity contribution in [3.05, 3.63) is 71.3 Å². The SMILES string of the molecule is COC(=O)c1ccc(NC(=O)/C(C)=C/C(=O)Nc2cccc(C(=O)OC(C)C)c2)cc1. The predicted molar refractivity (Wildman–Crippen MR) is 116 cm³/mol. The highest BCUT2D eigenvalue weighted by Crippen LogP contribution is 2.14. The van der Waals surface area contributed by atoms with Crippen LogP contribution in [0.25, 0.3) is 0 Å². The summed E-state index contributed by atoms with van der Waals surface area (Å²) >= 11 is 0. The van der Waals surface area contributed by atoms with Crippen LogP contribution in [0, 0.1) is 0 Å². The smallest absolute Gasteiger partial charge is 0.338 e. The van der Waals surface area contributed by atoms with E-state index in [9.17, 15) is 19.2 Å². The molecule has 0 saturated carbocycles. The van der Waals surface area contributed by atoms with Gasteiger partial charge in [0, 0.05) is 23.0 Å². The van der Waals surface area contributed by atoms with Gasteiger partial charge in [0.1, 0.15) is 0 Å². The fourth-order valence-corrected chi connectivity index (χ4v) is 2.48. The largest absolute Gasteiger partial charge is 0.465 e. The number of benzene rings is 2. The van der Waals surface area contributed by atoms with Crippen LogP contribution in [0.3, 0.4) is 0 Å². The summed E-state index contributed by atoms with van der Waals surface area (Å²) in [6, 6.07) is 12.5. The van der Waals surface area contributed by atoms with E-state index in [1.807, 2.05) is 0 Å². The second kappa shape index (κ2) is 10.7. The quantitative estimate of drug-likeness (QED) is 0.519. The van der Waals surface area contributed by atoms with Crippen LogP contribution in [-0.2, 0) is 19.1 Å². The minimum atomic E-state index is -0.525. The van der Waals surface area contributed by atoms with Gasteiger partial charge < -0.3 is 20.1 Å². The van der Waals surface area contributed by atoms with Crippen molar-refractivity contribution < 1.29 is 28.7 Å². The topological polar surface area (TPSA) is 111 Å². The number of anilines is 2. The summed E-state index contributed by atoms with van der Waals surface area (Å²) in [5.41, 5.74) is 1.69. The maximum absolute atomic E-state index is 12.3. The summed E-state index contributed by atoms with van der Waals surface area (Å²) in [7, 11) is 1.28. The van der Waals surface area contributed by atoms with Gasteiger partial charge in [0.25, 0.3) is 5.91 Å². The lowest BCUT2D eigenvalue weighted by Gasteiger charge is -2.09. The number of methoxy groups -OCH3 is 1. The lowest BCUT2D eigenvalue weighted by atomic mass is 10.2. The third-order valence-corrected chi connectivity index (χ3v) is 3.98. The molecule has 0 fully saturated rings. The molecule has 0 saturated heterocycles. The molecule has 0 atom stereocenters. The molecule has 0 aliphatic rings. The molecule has 0 aliphatic heterocycles. The molecule has 0 aromatic heterocycles. The summed E-state index contributed by atoms with van der Waals surface area (Å²) < 4.78 is 9.75. The van der Waals surface area contributed by atoms with E-state index in [-0.39, 0.29) is 11.7 Å². The van der Waals surface area contributed by atoms with Crippen molar-refractivity contribution >= 4 is 35.1 Å². The van der Waals surface area contributed by atoms with E-state index >= 15 is 0 Å². The van der Waals surface area contributed by atoms with Gasteiger partial charge in [-0.3, -0.25) is 9.59 Å². The van der Waals surface area contributed by atoms with Crippen molar-refractivity contribution in [1.82, 2.24) is 0 Å². The van der Waals surface area contributed by atoms with Gasteiger partial charge in [0.05, 0.1) is 24.3 Å². The number of esters is 2. The van der Waals surface area contributed by atoms with E-state index in [1.165, 1.54) is 32.2 Å². The Hall–Kier alpha value is -3.94. The van der Waals surface area contributed by atoms with Crippen LogP contribution in [-0.4, -0.2) is 37.0 Å². The van der Waals surface area contributed by atoms with Crippen LogP contribution in [0.1, 0.15) is 41.5 Å². The normalized spacial score (nSPS) is 10.9. The molecule has 0 aliphatic carbocycles. The molecule has 0 bridgehead atoms. The summed E-state index contributed by atoms with van der Waals surface area (Å²) in [6.45, 7) is 4.99. The lowest BCUT2D eigenvalue weighted by Crippen LogP contribution is -2.16. The molecule has 2 rings (SSSR count). The Balaban J connectivity index is 2.00. The van der Waals surface area contributed by atoms with Gasteiger partial charge >= 0.3 is 11.9 Å². The molecule has 0 heterocycles. The highest BCUT2D eigenvalue weighted by molar-refractivity contribution is 6.10. The van der Waals surface area contributed by atoms with Crippen LogP contribution in [0.5, 0.6) is 0 Å². The summed E-state index contributed by atoms with van der Waals surface area (Å²) in [5.74, 6) is -1.97. The van der Waals surface area contributed by atoms with Crippen LogP contribution in [0.4, 0.5) is 11.4 Å². The third kappa shape index (κ3) is 7.11. The molecule has 2 aromatic carbocycles. The van der Waals surface area contributed by atoms with Gasteiger partial charge in [-0.15, -0.1) is 0 Å². The highest BCUT2D eigenvalue weighted by atomic mass is 16.5. The fraction of sp³-hybridized carbons (Fsp3) is 0.217. The zero-order valence-electron chi connectivity index (χ0n) is 17.7. The number of carbonyl (C=O) groups is 4. The zero-order valence-corrected chi connectivity index (χ0v) is 17.7. The number of amides is 2. The first-order chi connectivity index (χ1) is 14.7. The van der Waals surface area contributed by atoms with Crippen molar-refractivity contribution in [2.45, 2.75) is 26.9 Å². The van der Waals surface area contributed by atoms with Crippen LogP contribution >= 0.6 is 0 Å². The minimum absolute atomic E-state index is 0.171. The standard InChI is InChI=1S/C23H24N2O6/c1-14(2)31-23(29)17-6-5-7-19(13-17)24-20(26)12-15(3)21(27)25-18-10-8-16(9-11-18)22(28)30-4/h5-14H,1-4H3,(H,24,26)(H,25,27)/b15-12+. The van der Waals surface area contributed by atoms with Gasteiger partial charge in [-0.05, 0) is 63.2 Å². The number of carbonyl (C=O) groups excluding carboxylic acids is 4. The molecular formula is C23H24N2O6. The zero-order chi connectivity index (χ0) is 23.0. The Kier molecular flexibility index (Phi) is 8.08. The van der Waals surface area contributed by atoms with Crippen LogP contribution in [0.15, 0.2) is 60.2 Å². The van der Waals surface area contributed by atoms with Gasteiger partial charge in [-0.25, -0.2) is 9.59 Å². The van der Waals surface area contributed by atoms with Crippen molar-refractivity contribution in [1.29, 1.82) is 0 Å². The molecule has 8 nitrogen and oxygen atoms in total. The Morgan fingerprint density at radius 3 is 2.16 bits per heavy atom. The maximum atomic E-state index is 12.3. The number of hydrogen-bond acceptors (Lipinski definition) is 6. The average molecular weight is 424 g/mol. The molecular weight excluding hydrogens is 400 g/mol. The Morgan fingerprint density at radius 1 is 0.871 bits per heavy atom. The molecule has 31 heavy (non-hydrogen) atoms. The number of rotatable bonds is 7. The first-order valence-electron chi connectivity index (χ1n) is 9.49. The van der Waals surface area contributed by atoms with E-state index in [2.05, 4.69) is 15.4 Å². The first-order valence-corrected chi connectivity index (χ1v) is 9.49. The summed E-state index contributed by atoms with van der Waals surface area (Å²) in [5, 5.41) is 5.25. The third-order valence-electron chi connectivity index (χ3n) is 3.98. The molecule has 0 unspecified atom stereocenters. The molecule has 2 aromatic rings. The van der Waals surface area contributed by atoms with Crippen LogP contribution < -0.4 is 10.6 Å². The van der Waals surface area contributed by atoms with E-state index in [4.69, 9.17) is 4.74 Å². The summed E-state index contributed by atoms with van der Waals surface area (Å²) in [6.07, 6.45) is 0.892. The highest BCUT2D eigenvalue weighted by Gasteiger charge is 2.12. The summed E-state index contributed by atoms with van der Waals surface area (Å²) in [4.78, 5) is 48.0. The second-order valence-corrected chi connectivity index (χ2v) is 6.87. The molecule has 162 valence electrons. The van der Waals surface area contributed by atoms with Crippen molar-refractivity contribution in [2.75, 3.05) is 17.7 Å². The predicted octanol–water partition coefficient (Wildman–Crippen LogP) is 3.56. The Morgan fingerprint density at radius 2 is 1.55 bits per heavy atom. The van der Waals surface area contributed by atoms with E-state index in [0.29, 0.717) is 22.5 Å². The fourth-order valence-electron chi connectivity index (χ4n) is 2.48. The van der Waals surface area contributed by atoms with E-state index in [1.54, 1.807) is 44.2 Å². The maximum Gasteiger partial charge on any atom is 0.338 e. The number of nitrogens with one attached hydrogen (secondary N) is 2. The van der Waals surface area contributed by atoms with Crippen molar-refractivity contribution in [3.8, 4) is 0 Å². The van der Waals surface area contributed by atoms with E-state index in [0.717, 1.165) is 6.08 Å². The Bertz CT molecular complexity index is 1010. The minimum Gasteiger partial charge on any atom is -0.465 e. The number of hydrogen-bond donors (Lipinski definition) is 2. The van der Waals surface area contributed by atoms with Crippen molar-refractivity contribution in [3.63, 3.8) is 0 Å². The molecule has 2 N–H and O–H groups in total. The van der Waals surface area contributed by atoms with Gasteiger partial charge in [-0.2, -0.15) is 0 Å². The molecule has 8 heteroatoms. The van der Waals surface area contributed by atoms with Crippen LogP contribution in [0.2, 0.25) is 0 Å². The van der Waals surface area contributed by atoms with Gasteiger partial charge in [0.15, 0.2) is 0 Å². The lowest BCUT2D eigenvalue weighted by molar-refractivity contribution is -0.114. The number of ether oxygens (including phenoxy) is 2. The monoisotopic (exact) mass is 424 g/mol. The molecule has 2 amide bonds. The second-order valence-electron chi connectivity index (χ2n) is 6.87. The molecule has 0 radical (unpaired) electrons. The van der Waals surface area contributed by atoms with E-state index < -0.39 is 23.8 Å². The Labute approximate surface area is 180 Å². The molecule has 0 spiro atoms. The van der Waals surface area contributed by atoms with Gasteiger partial charge in [-0.1, -0.05) is 6.07 Å². The van der Waals surface area contributed by atoms with Crippen molar-refractivity contribution in [2.24, 2.45) is 0 Å².